The molecule has 86 valence electrons. The molecule has 0 radical (unpaired) electrons. The van der Waals surface area contributed by atoms with Crippen LogP contribution in [0.3, 0.4) is 0 Å². The van der Waals surface area contributed by atoms with Gasteiger partial charge < -0.3 is 0 Å². The molecule has 0 N–H and O–H groups in total. The second-order valence-electron chi connectivity index (χ2n) is 2.68. The highest BCUT2D eigenvalue weighted by Crippen LogP contribution is 2.59. The molecule has 0 saturated heterocycles. The molecule has 15 heavy (non-hydrogen) atoms. The van der Waals surface area contributed by atoms with Gasteiger partial charge in [0.1, 0.15) is 0 Å². The number of halogens is 8. The number of carbonyl (C=O) groups excluding carboxylic acids is 1. The van der Waals surface area contributed by atoms with Crippen LogP contribution < -0.4 is 0 Å². The fraction of sp³-hybridized carbons (Fsp3) is 0.500. The van der Waals surface area contributed by atoms with E-state index in [9.17, 15) is 4.79 Å². The Bertz CT molecular complexity index is 354. The summed E-state index contributed by atoms with van der Waals surface area (Å²) in [5, 5.41) is -0.804. The lowest BCUT2D eigenvalue weighted by Gasteiger charge is -2.40. The fourth-order valence-electron chi connectivity index (χ4n) is 0.853. The first-order chi connectivity index (χ1) is 6.47. The zero-order valence-corrected chi connectivity index (χ0v) is 12.5. The molecule has 9 heteroatoms. The van der Waals surface area contributed by atoms with Crippen molar-refractivity contribution in [3.63, 3.8) is 0 Å². The Morgan fingerprint density at radius 1 is 0.733 bits per heavy atom. The Hall–Kier alpha value is 1.73. The Labute approximate surface area is 125 Å². The molecule has 0 aliphatic heterocycles. The maximum Gasteiger partial charge on any atom is 0.217 e. The summed E-state index contributed by atoms with van der Waals surface area (Å²) in [6, 6.07) is 0. The molecule has 1 aliphatic carbocycles. The summed E-state index contributed by atoms with van der Waals surface area (Å²) >= 11 is 45.4. The number of rotatable bonds is 0. The number of hydrogen-bond acceptors (Lipinski definition) is 1. The van der Waals surface area contributed by atoms with E-state index in [0.29, 0.717) is 0 Å². The minimum Gasteiger partial charge on any atom is -0.292 e. The maximum atomic E-state index is 11.7. The molecule has 0 heterocycles. The van der Waals surface area contributed by atoms with Crippen LogP contribution in [0.1, 0.15) is 0 Å². The smallest absolute Gasteiger partial charge is 0.217 e. The minimum atomic E-state index is -2.28. The number of allylic oxidation sites excluding steroid dienone is 2. The van der Waals surface area contributed by atoms with Gasteiger partial charge in [0.25, 0.3) is 0 Å². The van der Waals surface area contributed by atoms with Crippen molar-refractivity contribution in [2.24, 2.45) is 0 Å². The molecule has 0 aromatic heterocycles. The SMILES string of the molecule is O=C1C(Cl)(Cl)C(Cl)=C(Cl)C(Cl)(Cl)C1(Cl)Cl. The first kappa shape index (κ1) is 14.8. The van der Waals surface area contributed by atoms with Crippen molar-refractivity contribution in [3.8, 4) is 0 Å². The van der Waals surface area contributed by atoms with Gasteiger partial charge in [-0.15, -0.1) is 0 Å². The van der Waals surface area contributed by atoms with Gasteiger partial charge in [-0.2, -0.15) is 0 Å². The summed E-state index contributed by atoms with van der Waals surface area (Å²) < 4.78 is -6.54. The zero-order valence-electron chi connectivity index (χ0n) is 6.43. The van der Waals surface area contributed by atoms with Crippen molar-refractivity contribution in [3.05, 3.63) is 10.1 Å². The largest absolute Gasteiger partial charge is 0.292 e. The zero-order chi connectivity index (χ0) is 12.2. The Morgan fingerprint density at radius 3 is 1.53 bits per heavy atom. The van der Waals surface area contributed by atoms with Crippen molar-refractivity contribution >= 4 is 98.6 Å². The summed E-state index contributed by atoms with van der Waals surface area (Å²) in [6.45, 7) is 0. The second kappa shape index (κ2) is 4.13. The van der Waals surface area contributed by atoms with Gasteiger partial charge in [0.05, 0.1) is 10.1 Å². The van der Waals surface area contributed by atoms with E-state index in [1.807, 2.05) is 0 Å². The van der Waals surface area contributed by atoms with Gasteiger partial charge in [-0.25, -0.2) is 0 Å². The van der Waals surface area contributed by atoms with Gasteiger partial charge in [-0.3, -0.25) is 4.79 Å². The van der Waals surface area contributed by atoms with Gasteiger partial charge >= 0.3 is 0 Å². The Morgan fingerprint density at radius 2 is 1.13 bits per heavy atom. The summed E-state index contributed by atoms with van der Waals surface area (Å²) in [5.41, 5.74) is 0. The molecule has 0 atom stereocenters. The molecule has 1 nitrogen and oxygen atoms in total. The third-order valence-corrected chi connectivity index (χ3v) is 6.10. The van der Waals surface area contributed by atoms with E-state index in [4.69, 9.17) is 92.8 Å². The molecule has 0 saturated carbocycles. The third-order valence-electron chi connectivity index (χ3n) is 1.71. The van der Waals surface area contributed by atoms with Gasteiger partial charge in [-0.05, 0) is 0 Å². The predicted octanol–water partition coefficient (Wildman–Crippen LogP) is 4.78. The van der Waals surface area contributed by atoms with Crippen molar-refractivity contribution in [2.75, 3.05) is 0 Å². The molecular formula is C6Cl8O. The third kappa shape index (κ3) is 1.98. The van der Waals surface area contributed by atoms with E-state index in [0.717, 1.165) is 0 Å². The summed E-state index contributed by atoms with van der Waals surface area (Å²) in [6.07, 6.45) is 0. The standard InChI is InChI=1S/C6Cl8O/c7-1-2(8)5(11,12)6(13,14)3(15)4(1,9)10. The molecular weight excluding hydrogens is 372 g/mol. The van der Waals surface area contributed by atoms with Gasteiger partial charge in [0.15, 0.2) is 4.33 Å². The highest BCUT2D eigenvalue weighted by atomic mass is 35.5. The van der Waals surface area contributed by atoms with Gasteiger partial charge in [0, 0.05) is 0 Å². The molecule has 1 rings (SSSR count). The predicted molar refractivity (Wildman–Crippen MR) is 67.1 cm³/mol. The number of ketones is 1. The van der Waals surface area contributed by atoms with E-state index in [1.54, 1.807) is 0 Å². The monoisotopic (exact) mass is 368 g/mol. The number of Topliss-reactive ketones (excluding diaryl/α,β-unsaturated/α-hetero) is 1. The molecule has 1 aliphatic rings. The highest BCUT2D eigenvalue weighted by molar-refractivity contribution is 6.80. The van der Waals surface area contributed by atoms with E-state index in [1.165, 1.54) is 0 Å². The lowest BCUT2D eigenvalue weighted by atomic mass is 10.0. The fourth-order valence-corrected chi connectivity index (χ4v) is 3.15. The van der Waals surface area contributed by atoms with Crippen LogP contribution in [0.5, 0.6) is 0 Å². The van der Waals surface area contributed by atoms with Crippen molar-refractivity contribution in [1.29, 1.82) is 0 Å². The first-order valence-electron chi connectivity index (χ1n) is 3.22. The highest BCUT2D eigenvalue weighted by Gasteiger charge is 2.66. The molecule has 0 aromatic rings. The van der Waals surface area contributed by atoms with Gasteiger partial charge in [0.2, 0.25) is 14.4 Å². The number of carbonyl (C=O) groups is 1. The van der Waals surface area contributed by atoms with Crippen LogP contribution in [0.15, 0.2) is 10.1 Å². The van der Waals surface area contributed by atoms with E-state index < -0.39 is 23.8 Å². The summed E-state index contributed by atoms with van der Waals surface area (Å²) in [4.78, 5) is 11.7. The average molecular weight is 372 g/mol. The molecule has 0 bridgehead atoms. The molecule has 0 fully saturated rings. The lowest BCUT2D eigenvalue weighted by molar-refractivity contribution is -0.119. The van der Waals surface area contributed by atoms with Crippen molar-refractivity contribution in [2.45, 2.75) is 13.0 Å². The van der Waals surface area contributed by atoms with Crippen molar-refractivity contribution in [1.82, 2.24) is 0 Å². The van der Waals surface area contributed by atoms with Crippen LogP contribution in [0.4, 0.5) is 0 Å². The molecule has 0 unspecified atom stereocenters. The van der Waals surface area contributed by atoms with Crippen LogP contribution in [0.2, 0.25) is 0 Å². The van der Waals surface area contributed by atoms with Gasteiger partial charge in [-0.1, -0.05) is 92.8 Å². The van der Waals surface area contributed by atoms with Crippen LogP contribution in [-0.4, -0.2) is 18.8 Å². The van der Waals surface area contributed by atoms with Crippen LogP contribution in [0, 0.1) is 0 Å². The number of hydrogen-bond donors (Lipinski definition) is 0. The average Bonchev–Trinajstić information content (AvgIpc) is 2.12. The molecule has 0 spiro atoms. The maximum absolute atomic E-state index is 11.7. The minimum absolute atomic E-state index is 0.387. The van der Waals surface area contributed by atoms with Crippen LogP contribution >= 0.6 is 92.8 Å². The number of alkyl halides is 6. The topological polar surface area (TPSA) is 17.1 Å². The lowest BCUT2D eigenvalue weighted by Crippen LogP contribution is -2.55. The summed E-state index contributed by atoms with van der Waals surface area (Å²) in [5.74, 6) is -1.05. The first-order valence-corrected chi connectivity index (χ1v) is 6.24. The van der Waals surface area contributed by atoms with Crippen molar-refractivity contribution < 1.29 is 4.79 Å². The Balaban J connectivity index is 3.55. The quantitative estimate of drug-likeness (QED) is 0.560. The van der Waals surface area contributed by atoms with E-state index in [2.05, 4.69) is 0 Å². The molecule has 0 aromatic carbocycles. The van der Waals surface area contributed by atoms with Crippen LogP contribution in [-0.2, 0) is 4.79 Å². The van der Waals surface area contributed by atoms with E-state index in [-0.39, 0.29) is 5.03 Å². The van der Waals surface area contributed by atoms with E-state index >= 15 is 0 Å². The van der Waals surface area contributed by atoms with Crippen LogP contribution in [0.25, 0.3) is 0 Å². The normalized spacial score (nSPS) is 28.1. The molecule has 0 amide bonds. The second-order valence-corrected chi connectivity index (χ2v) is 7.42. The summed E-state index contributed by atoms with van der Waals surface area (Å²) in [7, 11) is 0. The Kier molecular flexibility index (Phi) is 4.08.